The van der Waals surface area contributed by atoms with Crippen LogP contribution >= 0.6 is 0 Å². The van der Waals surface area contributed by atoms with Gasteiger partial charge in [0, 0.05) is 18.2 Å². The molecule has 0 spiro atoms. The molecule has 1 aromatic heterocycles. The number of H-pyrrole nitrogens is 1. The topological polar surface area (TPSA) is 82.2 Å². The van der Waals surface area contributed by atoms with Gasteiger partial charge in [-0.05, 0) is 26.3 Å². The first-order valence-electron chi connectivity index (χ1n) is 5.55. The molecule has 0 fully saturated rings. The molecule has 0 aromatic carbocycles. The second-order valence-electron chi connectivity index (χ2n) is 4.21. The van der Waals surface area contributed by atoms with Crippen LogP contribution < -0.4 is 5.32 Å². The Hall–Kier alpha value is -2.22. The number of carboxylic acid groups (broad SMARTS) is 1. The zero-order valence-electron chi connectivity index (χ0n) is 10.6. The van der Waals surface area contributed by atoms with Gasteiger partial charge in [-0.15, -0.1) is 12.3 Å². The van der Waals surface area contributed by atoms with E-state index in [1.54, 1.807) is 20.8 Å². The highest BCUT2D eigenvalue weighted by Gasteiger charge is 2.22. The van der Waals surface area contributed by atoms with E-state index in [0.29, 0.717) is 23.2 Å². The summed E-state index contributed by atoms with van der Waals surface area (Å²) in [6, 6.07) is -0.149. The lowest BCUT2D eigenvalue weighted by atomic mass is 10.1. The number of nitrogens with one attached hydrogen (secondary N) is 2. The van der Waals surface area contributed by atoms with Gasteiger partial charge in [-0.2, -0.15) is 0 Å². The van der Waals surface area contributed by atoms with Gasteiger partial charge in [-0.25, -0.2) is 4.79 Å². The molecule has 0 aliphatic heterocycles. The monoisotopic (exact) mass is 248 g/mol. The maximum Gasteiger partial charge on any atom is 0.352 e. The predicted molar refractivity (Wildman–Crippen MR) is 67.6 cm³/mol. The molecule has 1 aromatic rings. The van der Waals surface area contributed by atoms with Crippen LogP contribution in [0.25, 0.3) is 0 Å². The van der Waals surface area contributed by atoms with E-state index in [2.05, 4.69) is 16.2 Å². The number of hydrogen-bond donors (Lipinski definition) is 3. The number of carbonyl (C=O) groups is 2. The summed E-state index contributed by atoms with van der Waals surface area (Å²) in [5.41, 5.74) is 1.39. The van der Waals surface area contributed by atoms with E-state index in [-0.39, 0.29) is 17.6 Å². The lowest BCUT2D eigenvalue weighted by Crippen LogP contribution is -2.32. The Kier molecular flexibility index (Phi) is 4.16. The predicted octanol–water partition coefficient (Wildman–Crippen LogP) is 1.47. The van der Waals surface area contributed by atoms with E-state index < -0.39 is 5.97 Å². The van der Waals surface area contributed by atoms with Crippen LogP contribution in [0.15, 0.2) is 0 Å². The molecule has 0 bridgehead atoms. The molecular weight excluding hydrogens is 232 g/mol. The van der Waals surface area contributed by atoms with Crippen LogP contribution in [0.2, 0.25) is 0 Å². The molecular formula is C13H16N2O3. The maximum absolute atomic E-state index is 12.0. The number of aromatic nitrogens is 1. The van der Waals surface area contributed by atoms with Crippen molar-refractivity contribution in [3.05, 3.63) is 22.5 Å². The third-order valence-corrected chi connectivity index (χ3v) is 2.68. The molecule has 1 heterocycles. The number of aromatic amines is 1. The van der Waals surface area contributed by atoms with Crippen molar-refractivity contribution in [3.8, 4) is 12.3 Å². The molecule has 0 aliphatic carbocycles. The molecule has 5 heteroatoms. The SMILES string of the molecule is C#CCC(C)NC(=O)c1c(C)[nH]c(C(=O)O)c1C. The van der Waals surface area contributed by atoms with Crippen molar-refractivity contribution in [2.24, 2.45) is 0 Å². The van der Waals surface area contributed by atoms with E-state index in [9.17, 15) is 9.59 Å². The molecule has 1 atom stereocenters. The van der Waals surface area contributed by atoms with Crippen LogP contribution in [0.4, 0.5) is 0 Å². The molecule has 0 saturated carbocycles. The second-order valence-corrected chi connectivity index (χ2v) is 4.21. The smallest absolute Gasteiger partial charge is 0.352 e. The fourth-order valence-corrected chi connectivity index (χ4v) is 1.83. The van der Waals surface area contributed by atoms with Crippen molar-refractivity contribution in [2.45, 2.75) is 33.2 Å². The van der Waals surface area contributed by atoms with Crippen molar-refractivity contribution >= 4 is 11.9 Å². The summed E-state index contributed by atoms with van der Waals surface area (Å²) in [7, 11) is 0. The zero-order chi connectivity index (χ0) is 13.9. The van der Waals surface area contributed by atoms with E-state index in [0.717, 1.165) is 0 Å². The number of terminal acetylenes is 1. The molecule has 5 nitrogen and oxygen atoms in total. The number of amides is 1. The Morgan fingerprint density at radius 2 is 2.11 bits per heavy atom. The number of carboxylic acids is 1. The summed E-state index contributed by atoms with van der Waals surface area (Å²) in [6.07, 6.45) is 5.59. The number of aromatic carboxylic acids is 1. The Labute approximate surface area is 106 Å². The first kappa shape index (κ1) is 13.8. The average Bonchev–Trinajstić information content (AvgIpc) is 2.54. The van der Waals surface area contributed by atoms with Crippen LogP contribution in [0.5, 0.6) is 0 Å². The van der Waals surface area contributed by atoms with Gasteiger partial charge < -0.3 is 15.4 Å². The Bertz CT molecular complexity index is 523. The third-order valence-electron chi connectivity index (χ3n) is 2.68. The first-order chi connectivity index (χ1) is 8.38. The van der Waals surface area contributed by atoms with Crippen molar-refractivity contribution in [1.29, 1.82) is 0 Å². The molecule has 0 radical (unpaired) electrons. The molecule has 0 saturated heterocycles. The van der Waals surface area contributed by atoms with Gasteiger partial charge in [0.1, 0.15) is 5.69 Å². The minimum atomic E-state index is -1.08. The van der Waals surface area contributed by atoms with Crippen molar-refractivity contribution in [2.75, 3.05) is 0 Å². The van der Waals surface area contributed by atoms with Gasteiger partial charge in [0.05, 0.1) is 5.56 Å². The summed E-state index contributed by atoms with van der Waals surface area (Å²) in [5.74, 6) is 1.07. The van der Waals surface area contributed by atoms with Crippen molar-refractivity contribution in [3.63, 3.8) is 0 Å². The molecule has 0 aliphatic rings. The maximum atomic E-state index is 12.0. The Morgan fingerprint density at radius 3 is 2.56 bits per heavy atom. The van der Waals surface area contributed by atoms with Gasteiger partial charge in [0.2, 0.25) is 0 Å². The van der Waals surface area contributed by atoms with Crippen LogP contribution in [0, 0.1) is 26.2 Å². The zero-order valence-corrected chi connectivity index (χ0v) is 10.6. The summed E-state index contributed by atoms with van der Waals surface area (Å²) >= 11 is 0. The van der Waals surface area contributed by atoms with E-state index in [1.807, 2.05) is 0 Å². The van der Waals surface area contributed by atoms with E-state index >= 15 is 0 Å². The third kappa shape index (κ3) is 2.72. The van der Waals surface area contributed by atoms with Crippen LogP contribution in [-0.4, -0.2) is 28.0 Å². The van der Waals surface area contributed by atoms with Gasteiger partial charge in [0.15, 0.2) is 0 Å². The molecule has 1 amide bonds. The molecule has 96 valence electrons. The lowest BCUT2D eigenvalue weighted by molar-refractivity contribution is 0.0690. The fourth-order valence-electron chi connectivity index (χ4n) is 1.83. The van der Waals surface area contributed by atoms with Gasteiger partial charge in [-0.3, -0.25) is 4.79 Å². The summed E-state index contributed by atoms with van der Waals surface area (Å²) in [5, 5.41) is 11.7. The second kappa shape index (κ2) is 5.41. The summed E-state index contributed by atoms with van der Waals surface area (Å²) < 4.78 is 0. The number of carbonyl (C=O) groups excluding carboxylic acids is 1. The molecule has 1 rings (SSSR count). The summed E-state index contributed by atoms with van der Waals surface area (Å²) in [6.45, 7) is 5.07. The Balaban J connectivity index is 3.00. The normalized spacial score (nSPS) is 11.7. The van der Waals surface area contributed by atoms with Crippen molar-refractivity contribution < 1.29 is 14.7 Å². The Morgan fingerprint density at radius 1 is 1.50 bits per heavy atom. The molecule has 1 unspecified atom stereocenters. The van der Waals surface area contributed by atoms with Crippen LogP contribution in [0.1, 0.15) is 45.4 Å². The average molecular weight is 248 g/mol. The minimum Gasteiger partial charge on any atom is -0.477 e. The largest absolute Gasteiger partial charge is 0.477 e. The van der Waals surface area contributed by atoms with Gasteiger partial charge in [-0.1, -0.05) is 0 Å². The van der Waals surface area contributed by atoms with E-state index in [1.165, 1.54) is 0 Å². The van der Waals surface area contributed by atoms with E-state index in [4.69, 9.17) is 11.5 Å². The lowest BCUT2D eigenvalue weighted by Gasteiger charge is -2.11. The van der Waals surface area contributed by atoms with Gasteiger partial charge >= 0.3 is 5.97 Å². The highest BCUT2D eigenvalue weighted by Crippen LogP contribution is 2.18. The molecule has 3 N–H and O–H groups in total. The van der Waals surface area contributed by atoms with Crippen LogP contribution in [-0.2, 0) is 0 Å². The van der Waals surface area contributed by atoms with Gasteiger partial charge in [0.25, 0.3) is 5.91 Å². The standard InChI is InChI=1S/C13H16N2O3/c1-5-6-7(2)14-12(16)10-8(3)11(13(17)18)15-9(10)4/h1,7,15H,6H2,2-4H3,(H,14,16)(H,17,18). The quantitative estimate of drug-likeness (QED) is 0.706. The number of hydrogen-bond acceptors (Lipinski definition) is 2. The fraction of sp³-hybridized carbons (Fsp3) is 0.385. The highest BCUT2D eigenvalue weighted by atomic mass is 16.4. The number of rotatable bonds is 4. The van der Waals surface area contributed by atoms with Crippen molar-refractivity contribution in [1.82, 2.24) is 10.3 Å². The summed E-state index contributed by atoms with van der Waals surface area (Å²) in [4.78, 5) is 25.7. The minimum absolute atomic E-state index is 0.0438. The first-order valence-corrected chi connectivity index (χ1v) is 5.55. The van der Waals surface area contributed by atoms with Crippen LogP contribution in [0.3, 0.4) is 0 Å². The highest BCUT2D eigenvalue weighted by molar-refractivity contribution is 6.00. The molecule has 18 heavy (non-hydrogen) atoms. The number of aryl methyl sites for hydroxylation is 1.